The molecule has 7 nitrogen and oxygen atoms in total. The summed E-state index contributed by atoms with van der Waals surface area (Å²) in [5, 5.41) is 3.92. The maximum Gasteiger partial charge on any atom is 0.337 e. The number of carbonyl (C=O) groups excluding carboxylic acids is 2. The fourth-order valence-corrected chi connectivity index (χ4v) is 3.77. The molecule has 1 amide bonds. The summed E-state index contributed by atoms with van der Waals surface area (Å²) in [6.07, 6.45) is 0. The van der Waals surface area contributed by atoms with Gasteiger partial charge in [-0.15, -0.1) is 0 Å². The number of amides is 1. The smallest absolute Gasteiger partial charge is 0.337 e. The van der Waals surface area contributed by atoms with E-state index in [1.165, 1.54) is 7.11 Å². The van der Waals surface area contributed by atoms with Gasteiger partial charge in [0.15, 0.2) is 5.82 Å². The first-order valence-corrected chi connectivity index (χ1v) is 9.39. The number of esters is 1. The third kappa shape index (κ3) is 3.76. The molecule has 0 saturated carbocycles. The van der Waals surface area contributed by atoms with E-state index in [9.17, 15) is 9.59 Å². The standard InChI is InChI=1S/C22H21N3O4/c1-14-23-20(29-24-14)19-13-25(12-18(19)15-6-4-3-5-7-15)21(26)16-8-10-17(11-9-16)22(27)28-2/h3-11,18-19H,12-13H2,1-2H3/t18-,19-/m1/s1. The Labute approximate surface area is 168 Å². The lowest BCUT2D eigenvalue weighted by atomic mass is 9.89. The minimum absolute atomic E-state index is 0.0642. The van der Waals surface area contributed by atoms with E-state index in [2.05, 4.69) is 22.3 Å². The molecule has 1 aromatic heterocycles. The third-order valence-corrected chi connectivity index (χ3v) is 5.25. The predicted octanol–water partition coefficient (Wildman–Crippen LogP) is 3.19. The van der Waals surface area contributed by atoms with Crippen LogP contribution in [0.1, 0.15) is 49.8 Å². The highest BCUT2D eigenvalue weighted by Crippen LogP contribution is 2.39. The molecule has 7 heteroatoms. The molecule has 0 radical (unpaired) electrons. The highest BCUT2D eigenvalue weighted by Gasteiger charge is 2.40. The summed E-state index contributed by atoms with van der Waals surface area (Å²) in [4.78, 5) is 30.9. The Morgan fingerprint density at radius 2 is 1.66 bits per heavy atom. The maximum absolute atomic E-state index is 13.1. The molecule has 0 spiro atoms. The van der Waals surface area contributed by atoms with E-state index in [-0.39, 0.29) is 17.7 Å². The fraction of sp³-hybridized carbons (Fsp3) is 0.273. The second kappa shape index (κ2) is 7.87. The summed E-state index contributed by atoms with van der Waals surface area (Å²) in [6, 6.07) is 16.6. The molecule has 148 valence electrons. The topological polar surface area (TPSA) is 85.5 Å². The van der Waals surface area contributed by atoms with E-state index in [0.29, 0.717) is 35.9 Å². The van der Waals surface area contributed by atoms with Crippen LogP contribution in [-0.2, 0) is 4.74 Å². The SMILES string of the molecule is COC(=O)c1ccc(C(=O)N2C[C@H](c3ccccc3)[C@H](c3nc(C)no3)C2)cc1. The maximum atomic E-state index is 13.1. The van der Waals surface area contributed by atoms with Crippen LogP contribution in [0.4, 0.5) is 0 Å². The zero-order valence-corrected chi connectivity index (χ0v) is 16.2. The van der Waals surface area contributed by atoms with Crippen molar-refractivity contribution in [2.45, 2.75) is 18.8 Å². The molecule has 0 unspecified atom stereocenters. The van der Waals surface area contributed by atoms with Gasteiger partial charge in [-0.3, -0.25) is 4.79 Å². The van der Waals surface area contributed by atoms with Crippen LogP contribution in [0.15, 0.2) is 59.1 Å². The van der Waals surface area contributed by atoms with Crippen molar-refractivity contribution in [1.82, 2.24) is 15.0 Å². The number of likely N-dealkylation sites (tertiary alicyclic amines) is 1. The normalized spacial score (nSPS) is 18.6. The summed E-state index contributed by atoms with van der Waals surface area (Å²) in [7, 11) is 1.33. The van der Waals surface area contributed by atoms with Gasteiger partial charge < -0.3 is 14.2 Å². The van der Waals surface area contributed by atoms with E-state index < -0.39 is 5.97 Å². The summed E-state index contributed by atoms with van der Waals surface area (Å²) < 4.78 is 10.1. The van der Waals surface area contributed by atoms with Crippen LogP contribution >= 0.6 is 0 Å². The number of benzene rings is 2. The molecular weight excluding hydrogens is 370 g/mol. The van der Waals surface area contributed by atoms with E-state index in [1.54, 1.807) is 36.1 Å². The lowest BCUT2D eigenvalue weighted by molar-refractivity contribution is 0.0600. The molecule has 29 heavy (non-hydrogen) atoms. The number of rotatable bonds is 4. The third-order valence-electron chi connectivity index (χ3n) is 5.25. The molecule has 3 aromatic rings. The largest absolute Gasteiger partial charge is 0.465 e. The van der Waals surface area contributed by atoms with E-state index in [0.717, 1.165) is 5.56 Å². The summed E-state index contributed by atoms with van der Waals surface area (Å²) in [6.45, 7) is 2.82. The molecule has 1 aliphatic rings. The zero-order chi connectivity index (χ0) is 20.4. The molecule has 0 N–H and O–H groups in total. The van der Waals surface area contributed by atoms with Crippen LogP contribution in [0.5, 0.6) is 0 Å². The van der Waals surface area contributed by atoms with Gasteiger partial charge in [-0.05, 0) is 36.8 Å². The van der Waals surface area contributed by atoms with Crippen LogP contribution in [0.25, 0.3) is 0 Å². The highest BCUT2D eigenvalue weighted by molar-refractivity contribution is 5.96. The molecule has 2 atom stereocenters. The second-order valence-corrected chi connectivity index (χ2v) is 7.08. The molecule has 2 aromatic carbocycles. The number of hydrogen-bond acceptors (Lipinski definition) is 6. The number of ether oxygens (including phenoxy) is 1. The number of nitrogens with zero attached hydrogens (tertiary/aromatic N) is 3. The van der Waals surface area contributed by atoms with Crippen LogP contribution in [0.3, 0.4) is 0 Å². The van der Waals surface area contributed by atoms with Crippen LogP contribution < -0.4 is 0 Å². The molecule has 0 bridgehead atoms. The summed E-state index contributed by atoms with van der Waals surface area (Å²) in [5.41, 5.74) is 2.06. The predicted molar refractivity (Wildman–Crippen MR) is 105 cm³/mol. The Morgan fingerprint density at radius 1 is 1.00 bits per heavy atom. The Balaban J connectivity index is 1.59. The van der Waals surface area contributed by atoms with Gasteiger partial charge in [0.2, 0.25) is 5.89 Å². The van der Waals surface area contributed by atoms with Crippen molar-refractivity contribution in [1.29, 1.82) is 0 Å². The van der Waals surface area contributed by atoms with Crippen molar-refractivity contribution < 1.29 is 18.8 Å². The number of carbonyl (C=O) groups is 2. The van der Waals surface area contributed by atoms with Crippen molar-refractivity contribution in [3.05, 3.63) is 83.0 Å². The average Bonchev–Trinajstić information content (AvgIpc) is 3.40. The Morgan fingerprint density at radius 3 is 2.28 bits per heavy atom. The lowest BCUT2D eigenvalue weighted by Crippen LogP contribution is -2.28. The quantitative estimate of drug-likeness (QED) is 0.635. The molecule has 1 aliphatic heterocycles. The minimum atomic E-state index is -0.429. The lowest BCUT2D eigenvalue weighted by Gasteiger charge is -2.17. The van der Waals surface area contributed by atoms with E-state index in [4.69, 9.17) is 9.26 Å². The summed E-state index contributed by atoms with van der Waals surface area (Å²) in [5.74, 6) is 0.594. The van der Waals surface area contributed by atoms with Gasteiger partial charge in [0.05, 0.1) is 18.6 Å². The minimum Gasteiger partial charge on any atom is -0.465 e. The Kier molecular flexibility index (Phi) is 5.12. The van der Waals surface area contributed by atoms with Gasteiger partial charge in [0, 0.05) is 24.6 Å². The van der Waals surface area contributed by atoms with Crippen LogP contribution in [0.2, 0.25) is 0 Å². The van der Waals surface area contributed by atoms with Gasteiger partial charge in [-0.25, -0.2) is 4.79 Å². The first-order valence-electron chi connectivity index (χ1n) is 9.39. The van der Waals surface area contributed by atoms with Gasteiger partial charge in [0.1, 0.15) is 0 Å². The first kappa shape index (κ1) is 18.9. The Hall–Kier alpha value is -3.48. The van der Waals surface area contributed by atoms with Gasteiger partial charge >= 0.3 is 5.97 Å². The molecular formula is C22H21N3O4. The number of aromatic nitrogens is 2. The molecule has 4 rings (SSSR count). The number of aryl methyl sites for hydroxylation is 1. The van der Waals surface area contributed by atoms with Gasteiger partial charge in [-0.2, -0.15) is 4.98 Å². The summed E-state index contributed by atoms with van der Waals surface area (Å²) >= 11 is 0. The monoisotopic (exact) mass is 391 g/mol. The van der Waals surface area contributed by atoms with E-state index >= 15 is 0 Å². The van der Waals surface area contributed by atoms with Gasteiger partial charge in [0.25, 0.3) is 5.91 Å². The van der Waals surface area contributed by atoms with Crippen molar-refractivity contribution >= 4 is 11.9 Å². The molecule has 1 fully saturated rings. The van der Waals surface area contributed by atoms with Crippen LogP contribution in [0, 0.1) is 6.92 Å². The number of hydrogen-bond donors (Lipinski definition) is 0. The second-order valence-electron chi connectivity index (χ2n) is 7.08. The fourth-order valence-electron chi connectivity index (χ4n) is 3.77. The first-order chi connectivity index (χ1) is 14.1. The van der Waals surface area contributed by atoms with E-state index in [1.807, 2.05) is 18.2 Å². The van der Waals surface area contributed by atoms with Crippen molar-refractivity contribution in [2.24, 2.45) is 0 Å². The molecule has 0 aliphatic carbocycles. The van der Waals surface area contributed by atoms with Gasteiger partial charge in [-0.1, -0.05) is 35.5 Å². The van der Waals surface area contributed by atoms with Crippen molar-refractivity contribution in [3.8, 4) is 0 Å². The zero-order valence-electron chi connectivity index (χ0n) is 16.2. The highest BCUT2D eigenvalue weighted by atomic mass is 16.5. The van der Waals surface area contributed by atoms with Crippen molar-refractivity contribution in [2.75, 3.05) is 20.2 Å². The molecule has 1 saturated heterocycles. The Bertz CT molecular complexity index is 1010. The van der Waals surface area contributed by atoms with Crippen molar-refractivity contribution in [3.63, 3.8) is 0 Å². The average molecular weight is 391 g/mol. The number of methoxy groups -OCH3 is 1. The molecule has 2 heterocycles. The van der Waals surface area contributed by atoms with Crippen LogP contribution in [-0.4, -0.2) is 47.1 Å².